The number of hydrogen-bond acceptors (Lipinski definition) is 7. The Hall–Kier alpha value is -1.70. The molecule has 0 aliphatic heterocycles. The van der Waals surface area contributed by atoms with Crippen molar-refractivity contribution in [2.75, 3.05) is 13.2 Å². The van der Waals surface area contributed by atoms with Gasteiger partial charge in [-0.1, -0.05) is 39.3 Å². The third kappa shape index (κ3) is 3.12. The van der Waals surface area contributed by atoms with Crippen molar-refractivity contribution in [3.63, 3.8) is 0 Å². The highest BCUT2D eigenvalue weighted by Crippen LogP contribution is 2.72. The van der Waals surface area contributed by atoms with Gasteiger partial charge in [0.15, 0.2) is 11.4 Å². The lowest BCUT2D eigenvalue weighted by atomic mass is 9.45. The molecule has 0 amide bonds. The maximum atomic E-state index is 13.3. The number of halogens is 1. The topological polar surface area (TPSA) is 110 Å². The number of hydrogen-bond donors (Lipinski definition) is 2. The number of alkyl halides is 1. The van der Waals surface area contributed by atoms with Crippen LogP contribution in [-0.4, -0.2) is 57.7 Å². The summed E-state index contributed by atoms with van der Waals surface area (Å²) in [5.41, 5.74) is -2.39. The normalized spacial score (nSPS) is 45.0. The summed E-state index contributed by atoms with van der Waals surface area (Å²) in [6, 6.07) is 0. The van der Waals surface area contributed by atoms with Crippen molar-refractivity contribution in [3.05, 3.63) is 23.8 Å². The molecule has 7 nitrogen and oxygen atoms in total. The van der Waals surface area contributed by atoms with E-state index in [2.05, 4.69) is 0 Å². The Morgan fingerprint density at radius 1 is 1.26 bits per heavy atom. The quantitative estimate of drug-likeness (QED) is 0.442. The minimum atomic E-state index is -1.63. The van der Waals surface area contributed by atoms with E-state index in [0.29, 0.717) is 25.7 Å². The van der Waals surface area contributed by atoms with Crippen LogP contribution in [0.1, 0.15) is 59.8 Å². The lowest BCUT2D eigenvalue weighted by Crippen LogP contribution is -2.69. The molecule has 0 heterocycles. The average Bonchev–Trinajstić information content (AvgIpc) is 3.00. The zero-order valence-electron chi connectivity index (χ0n) is 20.3. The molecule has 0 radical (unpaired) electrons. The largest absolute Gasteiger partial charge is 0.509 e. The molecule has 3 fully saturated rings. The molecule has 2 N–H and O–H groups in total. The molecule has 4 aliphatic rings. The SMILES string of the molecule is CCCOC(=O)O[C@]1(C(=O)CO)[C@H](C)C[C@H]2[C@@H]3CCC4=CC(=O)C=C[C@]4(C)[C@@]3(Cl)C(O)C[C@@]21C. The van der Waals surface area contributed by atoms with Gasteiger partial charge in [0.1, 0.15) is 6.61 Å². The summed E-state index contributed by atoms with van der Waals surface area (Å²) in [4.78, 5) is 36.9. The van der Waals surface area contributed by atoms with Crippen LogP contribution in [0.25, 0.3) is 0 Å². The van der Waals surface area contributed by atoms with Gasteiger partial charge in [-0.05, 0) is 56.1 Å². The molecule has 8 heteroatoms. The molecule has 1 unspecified atom stereocenters. The van der Waals surface area contributed by atoms with Gasteiger partial charge in [0.2, 0.25) is 5.78 Å². The Bertz CT molecular complexity index is 959. The Morgan fingerprint density at radius 3 is 2.62 bits per heavy atom. The number of carbonyl (C=O) groups excluding carboxylic acids is 3. The van der Waals surface area contributed by atoms with E-state index in [0.717, 1.165) is 5.57 Å². The fourth-order valence-corrected chi connectivity index (χ4v) is 8.39. The summed E-state index contributed by atoms with van der Waals surface area (Å²) in [5.74, 6) is -1.42. The molecule has 0 saturated heterocycles. The molecule has 4 rings (SSSR count). The average molecular weight is 495 g/mol. The van der Waals surface area contributed by atoms with E-state index in [1.165, 1.54) is 6.08 Å². The number of allylic oxidation sites excluding steroid dienone is 4. The molecule has 188 valence electrons. The first-order valence-corrected chi connectivity index (χ1v) is 12.6. The predicted molar refractivity (Wildman–Crippen MR) is 125 cm³/mol. The summed E-state index contributed by atoms with van der Waals surface area (Å²) >= 11 is 7.43. The van der Waals surface area contributed by atoms with Gasteiger partial charge in [-0.25, -0.2) is 4.79 Å². The summed E-state index contributed by atoms with van der Waals surface area (Å²) < 4.78 is 11.0. The van der Waals surface area contributed by atoms with Crippen LogP contribution in [0.4, 0.5) is 4.79 Å². The van der Waals surface area contributed by atoms with Crippen LogP contribution < -0.4 is 0 Å². The number of aliphatic hydroxyl groups is 2. The van der Waals surface area contributed by atoms with Crippen LogP contribution in [0, 0.1) is 28.6 Å². The van der Waals surface area contributed by atoms with Crippen LogP contribution >= 0.6 is 11.6 Å². The Kier molecular flexibility index (Phi) is 6.31. The lowest BCUT2D eigenvalue weighted by Gasteiger charge is -2.64. The standard InChI is InChI=1S/C26H35ClO7/c1-5-10-33-22(32)34-26(21(31)14-28)15(2)11-19-18-7-6-16-12-17(29)8-9-23(16,3)25(18,27)20(30)13-24(19,26)4/h8-9,12,15,18-20,28,30H,5-7,10-11,13-14H2,1-4H3/t15-,18+,19+,20?,23+,24+,25+,26+/m1/s1. The Labute approximate surface area is 205 Å². The highest BCUT2D eigenvalue weighted by molar-refractivity contribution is 6.26. The first-order valence-electron chi connectivity index (χ1n) is 12.2. The fourth-order valence-electron chi connectivity index (χ4n) is 7.86. The van der Waals surface area contributed by atoms with E-state index in [1.807, 2.05) is 33.8 Å². The summed E-state index contributed by atoms with van der Waals surface area (Å²) in [6.07, 6.45) is 5.53. The van der Waals surface area contributed by atoms with E-state index in [-0.39, 0.29) is 30.6 Å². The fraction of sp³-hybridized carbons (Fsp3) is 0.731. The molecule has 4 aliphatic carbocycles. The second-order valence-corrected chi connectivity index (χ2v) is 11.5. The molecular weight excluding hydrogens is 460 g/mol. The number of Topliss-reactive ketones (excluding diaryl/α,β-unsaturated/α-hetero) is 1. The number of rotatable bonds is 5. The second kappa shape index (κ2) is 8.45. The van der Waals surface area contributed by atoms with Gasteiger partial charge in [0.05, 0.1) is 17.6 Å². The van der Waals surface area contributed by atoms with Gasteiger partial charge in [0, 0.05) is 16.7 Å². The number of fused-ring (bicyclic) bond motifs is 5. The molecular formula is C26H35ClO7. The van der Waals surface area contributed by atoms with Gasteiger partial charge in [-0.3, -0.25) is 9.59 Å². The molecule has 0 bridgehead atoms. The molecule has 8 atom stereocenters. The first kappa shape index (κ1) is 25.4. The van der Waals surface area contributed by atoms with Crippen molar-refractivity contribution in [1.29, 1.82) is 0 Å². The van der Waals surface area contributed by atoms with E-state index in [9.17, 15) is 24.6 Å². The van der Waals surface area contributed by atoms with Crippen molar-refractivity contribution in [3.8, 4) is 0 Å². The van der Waals surface area contributed by atoms with Crippen molar-refractivity contribution >= 4 is 29.3 Å². The molecule has 34 heavy (non-hydrogen) atoms. The molecule has 0 aromatic rings. The lowest BCUT2D eigenvalue weighted by molar-refractivity contribution is -0.185. The van der Waals surface area contributed by atoms with Gasteiger partial charge in [0.25, 0.3) is 0 Å². The van der Waals surface area contributed by atoms with Crippen LogP contribution in [0.5, 0.6) is 0 Å². The monoisotopic (exact) mass is 494 g/mol. The molecule has 0 aromatic heterocycles. The Balaban J connectivity index is 1.80. The minimum absolute atomic E-state index is 0.0811. The molecule has 3 saturated carbocycles. The second-order valence-electron chi connectivity index (χ2n) is 10.9. The van der Waals surface area contributed by atoms with Gasteiger partial charge in [-0.15, -0.1) is 11.6 Å². The maximum Gasteiger partial charge on any atom is 0.509 e. The maximum absolute atomic E-state index is 13.3. The van der Waals surface area contributed by atoms with E-state index in [1.54, 1.807) is 6.08 Å². The number of ketones is 2. The minimum Gasteiger partial charge on any atom is -0.434 e. The number of aliphatic hydroxyl groups excluding tert-OH is 2. The predicted octanol–water partition coefficient (Wildman–Crippen LogP) is 3.74. The molecule has 0 spiro atoms. The van der Waals surface area contributed by atoms with Crippen molar-refractivity contribution < 1.29 is 34.1 Å². The van der Waals surface area contributed by atoms with Crippen LogP contribution in [0.2, 0.25) is 0 Å². The van der Waals surface area contributed by atoms with Crippen LogP contribution in [0.3, 0.4) is 0 Å². The summed E-state index contributed by atoms with van der Waals surface area (Å²) in [7, 11) is 0. The highest BCUT2D eigenvalue weighted by atomic mass is 35.5. The van der Waals surface area contributed by atoms with Gasteiger partial charge in [-0.2, -0.15) is 0 Å². The van der Waals surface area contributed by atoms with E-state index >= 15 is 0 Å². The Morgan fingerprint density at radius 2 is 1.97 bits per heavy atom. The smallest absolute Gasteiger partial charge is 0.434 e. The third-order valence-corrected chi connectivity index (χ3v) is 10.3. The number of ether oxygens (including phenoxy) is 2. The number of carbonyl (C=O) groups is 3. The summed E-state index contributed by atoms with van der Waals surface area (Å²) in [6.45, 7) is 6.92. The van der Waals surface area contributed by atoms with Crippen LogP contribution in [-0.2, 0) is 19.1 Å². The van der Waals surface area contributed by atoms with Gasteiger partial charge >= 0.3 is 6.16 Å². The van der Waals surface area contributed by atoms with Gasteiger partial charge < -0.3 is 19.7 Å². The zero-order valence-corrected chi connectivity index (χ0v) is 21.1. The summed E-state index contributed by atoms with van der Waals surface area (Å²) in [5, 5.41) is 21.6. The third-order valence-electron chi connectivity index (χ3n) is 9.41. The van der Waals surface area contributed by atoms with Crippen LogP contribution in [0.15, 0.2) is 23.8 Å². The van der Waals surface area contributed by atoms with Crippen molar-refractivity contribution in [2.24, 2.45) is 28.6 Å². The first-order chi connectivity index (χ1) is 15.9. The molecule has 0 aromatic carbocycles. The van der Waals surface area contributed by atoms with Crippen molar-refractivity contribution in [1.82, 2.24) is 0 Å². The van der Waals surface area contributed by atoms with Crippen molar-refractivity contribution in [2.45, 2.75) is 76.4 Å². The highest BCUT2D eigenvalue weighted by Gasteiger charge is 2.76. The van der Waals surface area contributed by atoms with E-state index < -0.39 is 51.9 Å². The van der Waals surface area contributed by atoms with E-state index in [4.69, 9.17) is 21.1 Å². The zero-order chi connectivity index (χ0) is 25.1.